The van der Waals surface area contributed by atoms with Gasteiger partial charge in [0.1, 0.15) is 5.82 Å². The Balaban J connectivity index is 1.27. The second-order valence-electron chi connectivity index (χ2n) is 7.81. The first-order valence-electron chi connectivity index (χ1n) is 10.4. The maximum atomic E-state index is 12.7. The van der Waals surface area contributed by atoms with E-state index in [4.69, 9.17) is 0 Å². The van der Waals surface area contributed by atoms with Crippen LogP contribution in [0.25, 0.3) is 11.4 Å². The molecule has 0 spiro atoms. The van der Waals surface area contributed by atoms with Crippen LogP contribution in [0.1, 0.15) is 32.1 Å². The van der Waals surface area contributed by atoms with E-state index < -0.39 is 0 Å². The van der Waals surface area contributed by atoms with E-state index in [2.05, 4.69) is 49.8 Å². The predicted octanol–water partition coefficient (Wildman–Crippen LogP) is 3.27. The van der Waals surface area contributed by atoms with E-state index in [1.54, 1.807) is 0 Å². The summed E-state index contributed by atoms with van der Waals surface area (Å²) >= 11 is 0. The van der Waals surface area contributed by atoms with Crippen molar-refractivity contribution < 1.29 is 4.79 Å². The first kappa shape index (κ1) is 18.2. The number of piperazine rings is 1. The lowest BCUT2D eigenvalue weighted by molar-refractivity contribution is -0.138. The van der Waals surface area contributed by atoms with Crippen LogP contribution in [0.3, 0.4) is 0 Å². The van der Waals surface area contributed by atoms with Crippen molar-refractivity contribution in [3.63, 3.8) is 0 Å². The molecule has 2 aromatic rings. The van der Waals surface area contributed by atoms with Crippen LogP contribution in [-0.4, -0.2) is 58.0 Å². The third kappa shape index (κ3) is 4.41. The minimum absolute atomic E-state index is 0.296. The van der Waals surface area contributed by atoms with E-state index in [1.165, 1.54) is 19.3 Å². The van der Waals surface area contributed by atoms with Crippen molar-refractivity contribution in [2.75, 3.05) is 32.7 Å². The fourth-order valence-corrected chi connectivity index (χ4v) is 4.39. The standard InChI is InChI=1S/C22H30N4O/c27-22(20-9-5-2-6-10-20)26-17-14-24(15-18-26)13-16-25-12-11-23-21(25)19-7-3-1-4-8-19/h1,3-4,7-8,11-12,20H,2,5-6,9-10,13-18H2. The van der Waals surface area contributed by atoms with Crippen molar-refractivity contribution in [3.05, 3.63) is 42.7 Å². The van der Waals surface area contributed by atoms with Crippen molar-refractivity contribution in [2.45, 2.75) is 38.6 Å². The molecular weight excluding hydrogens is 336 g/mol. The topological polar surface area (TPSA) is 41.4 Å². The second-order valence-corrected chi connectivity index (χ2v) is 7.81. The van der Waals surface area contributed by atoms with E-state index >= 15 is 0 Å². The fourth-order valence-electron chi connectivity index (χ4n) is 4.39. The lowest BCUT2D eigenvalue weighted by Crippen LogP contribution is -2.51. The van der Waals surface area contributed by atoms with Crippen LogP contribution in [-0.2, 0) is 11.3 Å². The van der Waals surface area contributed by atoms with Crippen LogP contribution in [0.15, 0.2) is 42.7 Å². The Hall–Kier alpha value is -2.14. The number of carbonyl (C=O) groups excluding carboxylic acids is 1. The summed E-state index contributed by atoms with van der Waals surface area (Å²) < 4.78 is 2.23. The van der Waals surface area contributed by atoms with Crippen LogP contribution in [0.4, 0.5) is 0 Å². The molecule has 1 aliphatic carbocycles. The van der Waals surface area contributed by atoms with Gasteiger partial charge in [0.15, 0.2) is 0 Å². The second kappa shape index (κ2) is 8.70. The molecule has 0 N–H and O–H groups in total. The molecule has 2 heterocycles. The van der Waals surface area contributed by atoms with Crippen LogP contribution < -0.4 is 0 Å². The first-order valence-corrected chi connectivity index (χ1v) is 10.4. The Kier molecular flexibility index (Phi) is 5.87. The number of hydrogen-bond acceptors (Lipinski definition) is 3. The molecule has 0 atom stereocenters. The van der Waals surface area contributed by atoms with E-state index in [-0.39, 0.29) is 0 Å². The van der Waals surface area contributed by atoms with Crippen molar-refractivity contribution in [1.29, 1.82) is 0 Å². The quantitative estimate of drug-likeness (QED) is 0.815. The van der Waals surface area contributed by atoms with Crippen LogP contribution in [0, 0.1) is 5.92 Å². The molecule has 2 aliphatic rings. The summed E-state index contributed by atoms with van der Waals surface area (Å²) in [6.07, 6.45) is 9.89. The minimum atomic E-state index is 0.296. The maximum absolute atomic E-state index is 12.7. The van der Waals surface area contributed by atoms with Gasteiger partial charge >= 0.3 is 0 Å². The van der Waals surface area contributed by atoms with Crippen LogP contribution >= 0.6 is 0 Å². The molecule has 1 aromatic carbocycles. The zero-order chi connectivity index (χ0) is 18.5. The lowest BCUT2D eigenvalue weighted by atomic mass is 9.88. The molecule has 0 unspecified atom stereocenters. The monoisotopic (exact) mass is 366 g/mol. The van der Waals surface area contributed by atoms with Gasteiger partial charge in [-0.05, 0) is 12.8 Å². The van der Waals surface area contributed by atoms with Gasteiger partial charge in [0.25, 0.3) is 0 Å². The maximum Gasteiger partial charge on any atom is 0.225 e. The number of aromatic nitrogens is 2. The normalized spacial score (nSPS) is 19.3. The average molecular weight is 367 g/mol. The molecule has 5 heteroatoms. The molecule has 1 aliphatic heterocycles. The van der Waals surface area contributed by atoms with E-state index in [9.17, 15) is 4.79 Å². The van der Waals surface area contributed by atoms with Crippen LogP contribution in [0.5, 0.6) is 0 Å². The minimum Gasteiger partial charge on any atom is -0.340 e. The number of benzene rings is 1. The number of nitrogens with zero attached hydrogens (tertiary/aromatic N) is 4. The molecule has 1 saturated carbocycles. The predicted molar refractivity (Wildman–Crippen MR) is 107 cm³/mol. The fraction of sp³-hybridized carbons (Fsp3) is 0.545. The van der Waals surface area contributed by atoms with E-state index in [0.29, 0.717) is 11.8 Å². The first-order chi connectivity index (χ1) is 13.3. The molecule has 1 amide bonds. The summed E-state index contributed by atoms with van der Waals surface area (Å²) in [5.74, 6) is 1.74. The summed E-state index contributed by atoms with van der Waals surface area (Å²) in [4.78, 5) is 21.8. The third-order valence-electron chi connectivity index (χ3n) is 6.04. The zero-order valence-corrected chi connectivity index (χ0v) is 16.1. The van der Waals surface area contributed by atoms with Gasteiger partial charge in [-0.25, -0.2) is 4.98 Å². The highest BCUT2D eigenvalue weighted by molar-refractivity contribution is 5.79. The SMILES string of the molecule is O=C(C1CCCCC1)N1CCN(CCn2ccnc2-c2ccccc2)CC1. The summed E-state index contributed by atoms with van der Waals surface area (Å²) in [6.45, 7) is 5.65. The van der Waals surface area contributed by atoms with Gasteiger partial charge < -0.3 is 9.47 Å². The van der Waals surface area contributed by atoms with Crippen molar-refractivity contribution in [1.82, 2.24) is 19.4 Å². The van der Waals surface area contributed by atoms with Crippen LogP contribution in [0.2, 0.25) is 0 Å². The number of hydrogen-bond donors (Lipinski definition) is 0. The highest BCUT2D eigenvalue weighted by Gasteiger charge is 2.28. The van der Waals surface area contributed by atoms with Crippen molar-refractivity contribution in [3.8, 4) is 11.4 Å². The molecule has 1 saturated heterocycles. The average Bonchev–Trinajstić information content (AvgIpc) is 3.22. The molecule has 27 heavy (non-hydrogen) atoms. The van der Waals surface area contributed by atoms with Gasteiger partial charge in [-0.2, -0.15) is 0 Å². The Morgan fingerprint density at radius 1 is 0.963 bits per heavy atom. The van der Waals surface area contributed by atoms with Gasteiger partial charge in [-0.15, -0.1) is 0 Å². The Bertz CT molecular complexity index is 728. The molecule has 0 bridgehead atoms. The zero-order valence-electron chi connectivity index (χ0n) is 16.1. The molecular formula is C22H30N4O. The highest BCUT2D eigenvalue weighted by atomic mass is 16.2. The van der Waals surface area contributed by atoms with Gasteiger partial charge in [-0.3, -0.25) is 9.69 Å². The smallest absolute Gasteiger partial charge is 0.225 e. The Labute approximate surface area is 162 Å². The highest BCUT2D eigenvalue weighted by Crippen LogP contribution is 2.26. The largest absolute Gasteiger partial charge is 0.340 e. The molecule has 0 radical (unpaired) electrons. The summed E-state index contributed by atoms with van der Waals surface area (Å²) in [7, 11) is 0. The Morgan fingerprint density at radius 2 is 1.70 bits per heavy atom. The number of imidazole rings is 1. The van der Waals surface area contributed by atoms with Gasteiger partial charge in [-0.1, -0.05) is 49.6 Å². The number of amides is 1. The third-order valence-corrected chi connectivity index (χ3v) is 6.04. The van der Waals surface area contributed by atoms with Gasteiger partial charge in [0, 0.05) is 63.1 Å². The molecule has 4 rings (SSSR count). The molecule has 2 fully saturated rings. The van der Waals surface area contributed by atoms with Gasteiger partial charge in [0.2, 0.25) is 5.91 Å². The summed E-state index contributed by atoms with van der Waals surface area (Å²) in [5, 5.41) is 0. The number of rotatable bonds is 5. The summed E-state index contributed by atoms with van der Waals surface area (Å²) in [5.41, 5.74) is 1.16. The van der Waals surface area contributed by atoms with Crippen molar-refractivity contribution >= 4 is 5.91 Å². The van der Waals surface area contributed by atoms with E-state index in [0.717, 1.165) is 63.5 Å². The lowest BCUT2D eigenvalue weighted by Gasteiger charge is -2.37. The van der Waals surface area contributed by atoms with E-state index in [1.807, 2.05) is 12.3 Å². The number of carbonyl (C=O) groups is 1. The summed E-state index contributed by atoms with van der Waals surface area (Å²) in [6, 6.07) is 10.3. The van der Waals surface area contributed by atoms with Crippen molar-refractivity contribution in [2.24, 2.45) is 5.92 Å². The van der Waals surface area contributed by atoms with Gasteiger partial charge in [0.05, 0.1) is 0 Å². The molecule has 1 aromatic heterocycles. The molecule has 5 nitrogen and oxygen atoms in total. The molecule has 144 valence electrons. The Morgan fingerprint density at radius 3 is 2.44 bits per heavy atom.